The highest BCUT2D eigenvalue weighted by atomic mass is 32.2. The normalized spacial score (nSPS) is 18.3. The highest BCUT2D eigenvalue weighted by molar-refractivity contribution is 8.14. The quantitative estimate of drug-likeness (QED) is 0.378. The Morgan fingerprint density at radius 1 is 0.973 bits per heavy atom. The van der Waals surface area contributed by atoms with Crippen LogP contribution in [0, 0.1) is 0 Å². The molecule has 1 aliphatic heterocycles. The van der Waals surface area contributed by atoms with E-state index in [1.807, 2.05) is 47.4 Å². The molecule has 4 nitrogen and oxygen atoms in total. The summed E-state index contributed by atoms with van der Waals surface area (Å²) in [7, 11) is 0. The lowest BCUT2D eigenvalue weighted by Gasteiger charge is -2.33. The number of allylic oxidation sites excluding steroid dienone is 1. The number of amides is 1. The fourth-order valence-electron chi connectivity index (χ4n) is 5.09. The molecule has 0 bridgehead atoms. The minimum atomic E-state index is -0.0372. The monoisotopic (exact) mass is 507 g/mol. The topological polar surface area (TPSA) is 44.7 Å². The van der Waals surface area contributed by atoms with E-state index in [4.69, 9.17) is 4.99 Å². The van der Waals surface area contributed by atoms with E-state index in [1.54, 1.807) is 0 Å². The Bertz CT molecular complexity index is 1310. The molecule has 188 valence electrons. The summed E-state index contributed by atoms with van der Waals surface area (Å²) in [4.78, 5) is 20.4. The molecule has 1 amide bonds. The van der Waals surface area contributed by atoms with Crippen molar-refractivity contribution in [3.8, 4) is 0 Å². The molecular formula is C32H33N3OS. The second-order valence-corrected chi connectivity index (χ2v) is 10.7. The van der Waals surface area contributed by atoms with Crippen LogP contribution in [-0.4, -0.2) is 22.9 Å². The van der Waals surface area contributed by atoms with Gasteiger partial charge >= 0.3 is 0 Å². The van der Waals surface area contributed by atoms with Gasteiger partial charge in [-0.2, -0.15) is 0 Å². The number of carbonyl (C=O) groups excluding carboxylic acids is 1. The summed E-state index contributed by atoms with van der Waals surface area (Å²) >= 11 is 1.49. The summed E-state index contributed by atoms with van der Waals surface area (Å²) in [5.74, 6) is 0.399. The molecule has 37 heavy (non-hydrogen) atoms. The lowest BCUT2D eigenvalue weighted by Crippen LogP contribution is -2.39. The molecule has 0 radical (unpaired) electrons. The van der Waals surface area contributed by atoms with Crippen LogP contribution in [0.2, 0.25) is 0 Å². The van der Waals surface area contributed by atoms with Crippen LogP contribution in [0.1, 0.15) is 50.3 Å². The average molecular weight is 508 g/mol. The predicted molar refractivity (Wildman–Crippen MR) is 157 cm³/mol. The zero-order chi connectivity index (χ0) is 25.6. The van der Waals surface area contributed by atoms with Gasteiger partial charge in [-0.25, -0.2) is 4.99 Å². The van der Waals surface area contributed by atoms with Gasteiger partial charge in [-0.15, -0.1) is 0 Å². The summed E-state index contributed by atoms with van der Waals surface area (Å²) in [6.07, 6.45) is 5.44. The van der Waals surface area contributed by atoms with E-state index in [0.29, 0.717) is 5.75 Å². The number of nitrogens with one attached hydrogen (secondary N) is 1. The molecule has 1 N–H and O–H groups in total. The van der Waals surface area contributed by atoms with Crippen LogP contribution in [0.15, 0.2) is 113 Å². The van der Waals surface area contributed by atoms with E-state index >= 15 is 0 Å². The van der Waals surface area contributed by atoms with Gasteiger partial charge in [0, 0.05) is 17.4 Å². The van der Waals surface area contributed by atoms with E-state index in [0.717, 1.165) is 30.1 Å². The summed E-state index contributed by atoms with van der Waals surface area (Å²) in [5.41, 5.74) is 7.14. The Kier molecular flexibility index (Phi) is 7.90. The van der Waals surface area contributed by atoms with Crippen LogP contribution in [0.25, 0.3) is 6.08 Å². The molecule has 0 aromatic heterocycles. The molecule has 0 saturated heterocycles. The van der Waals surface area contributed by atoms with Gasteiger partial charge in [0.25, 0.3) is 0 Å². The van der Waals surface area contributed by atoms with Crippen molar-refractivity contribution in [2.24, 2.45) is 4.99 Å². The summed E-state index contributed by atoms with van der Waals surface area (Å²) in [6.45, 7) is 4.11. The first-order chi connectivity index (χ1) is 18.1. The van der Waals surface area contributed by atoms with Crippen molar-refractivity contribution < 1.29 is 4.79 Å². The molecule has 0 spiro atoms. The Morgan fingerprint density at radius 2 is 1.62 bits per heavy atom. The van der Waals surface area contributed by atoms with Crippen molar-refractivity contribution in [1.82, 2.24) is 5.32 Å². The second kappa shape index (κ2) is 11.7. The van der Waals surface area contributed by atoms with E-state index in [9.17, 15) is 4.79 Å². The van der Waals surface area contributed by atoms with Crippen LogP contribution < -0.4 is 10.2 Å². The van der Waals surface area contributed by atoms with Crippen LogP contribution in [0.5, 0.6) is 0 Å². The lowest BCUT2D eigenvalue weighted by atomic mass is 9.84. The number of rotatable bonds is 6. The molecule has 1 atom stereocenters. The third-order valence-electron chi connectivity index (χ3n) is 6.75. The zero-order valence-electron chi connectivity index (χ0n) is 21.4. The van der Waals surface area contributed by atoms with Gasteiger partial charge < -0.3 is 10.2 Å². The standard InChI is InChI=1S/C32H33N3OS/c1-23(2)35(27-18-10-5-11-19-27)29(36)22-37-32-33-30(25-15-8-4-9-16-25)28-20-12-17-26(31(28)34-32)21-24-13-6-3-7-14-24/h3-11,13-16,18-19,21,23,30H,12,17,20,22H2,1-2H3,(H,33,34)/b26-21-. The first-order valence-corrected chi connectivity index (χ1v) is 14.0. The Labute approximate surface area is 224 Å². The Balaban J connectivity index is 1.43. The second-order valence-electron chi connectivity index (χ2n) is 9.69. The van der Waals surface area contributed by atoms with Crippen LogP contribution in [0.4, 0.5) is 5.69 Å². The van der Waals surface area contributed by atoms with Gasteiger partial charge in [0.1, 0.15) is 6.04 Å². The number of carbonyl (C=O) groups is 1. The SMILES string of the molecule is CC(C)N(C(=O)CSC1=NC(c2ccccc2)C2=C(N1)/C(=C\c1ccccc1)CCC2)c1ccccc1. The van der Waals surface area contributed by atoms with Crippen LogP contribution in [-0.2, 0) is 4.79 Å². The third kappa shape index (κ3) is 5.89. The van der Waals surface area contributed by atoms with Crippen molar-refractivity contribution in [1.29, 1.82) is 0 Å². The summed E-state index contributed by atoms with van der Waals surface area (Å²) in [6, 6.07) is 30.9. The lowest BCUT2D eigenvalue weighted by molar-refractivity contribution is -0.116. The van der Waals surface area contributed by atoms with E-state index < -0.39 is 0 Å². The molecule has 3 aromatic rings. The number of thioether (sulfide) groups is 1. The van der Waals surface area contributed by atoms with Crippen molar-refractivity contribution in [3.63, 3.8) is 0 Å². The fourth-order valence-corrected chi connectivity index (χ4v) is 5.84. The van der Waals surface area contributed by atoms with Gasteiger partial charge in [-0.05, 0) is 73.6 Å². The summed E-state index contributed by atoms with van der Waals surface area (Å²) in [5, 5.41) is 4.45. The largest absolute Gasteiger partial charge is 0.335 e. The van der Waals surface area contributed by atoms with Crippen LogP contribution >= 0.6 is 11.8 Å². The van der Waals surface area contributed by atoms with E-state index in [1.165, 1.54) is 39.7 Å². The Hall–Kier alpha value is -3.57. The van der Waals surface area contributed by atoms with Crippen molar-refractivity contribution in [2.45, 2.75) is 45.2 Å². The van der Waals surface area contributed by atoms with E-state index in [-0.39, 0.29) is 18.0 Å². The van der Waals surface area contributed by atoms with Crippen molar-refractivity contribution in [3.05, 3.63) is 119 Å². The number of amidine groups is 1. The predicted octanol–water partition coefficient (Wildman–Crippen LogP) is 7.38. The number of hydrogen-bond acceptors (Lipinski definition) is 4. The Morgan fingerprint density at radius 3 is 2.30 bits per heavy atom. The first kappa shape index (κ1) is 25.1. The number of hydrogen-bond donors (Lipinski definition) is 1. The van der Waals surface area contributed by atoms with Crippen molar-refractivity contribution >= 4 is 34.6 Å². The third-order valence-corrected chi connectivity index (χ3v) is 7.62. The number of para-hydroxylation sites is 1. The van der Waals surface area contributed by atoms with Gasteiger partial charge in [0.05, 0.1) is 5.75 Å². The van der Waals surface area contributed by atoms with Gasteiger partial charge in [-0.1, -0.05) is 90.6 Å². The maximum Gasteiger partial charge on any atom is 0.237 e. The maximum absolute atomic E-state index is 13.4. The molecule has 1 unspecified atom stereocenters. The summed E-state index contributed by atoms with van der Waals surface area (Å²) < 4.78 is 0. The molecule has 3 aromatic carbocycles. The minimum absolute atomic E-state index is 0.0372. The van der Waals surface area contributed by atoms with Gasteiger partial charge in [0.15, 0.2) is 5.17 Å². The van der Waals surface area contributed by atoms with Crippen LogP contribution in [0.3, 0.4) is 0 Å². The molecule has 0 fully saturated rings. The number of nitrogens with zero attached hydrogens (tertiary/aromatic N) is 2. The average Bonchev–Trinajstić information content (AvgIpc) is 2.93. The van der Waals surface area contributed by atoms with Gasteiger partial charge in [0.2, 0.25) is 5.91 Å². The molecule has 1 heterocycles. The highest BCUT2D eigenvalue weighted by Gasteiger charge is 2.30. The molecule has 0 saturated carbocycles. The number of benzene rings is 3. The fraction of sp³-hybridized carbons (Fsp3) is 0.250. The zero-order valence-corrected chi connectivity index (χ0v) is 22.2. The highest BCUT2D eigenvalue weighted by Crippen LogP contribution is 2.41. The molecule has 1 aliphatic carbocycles. The molecule has 5 heteroatoms. The molecule has 2 aliphatic rings. The van der Waals surface area contributed by atoms with Crippen molar-refractivity contribution in [2.75, 3.05) is 10.7 Å². The molecular weight excluding hydrogens is 474 g/mol. The smallest absolute Gasteiger partial charge is 0.237 e. The van der Waals surface area contributed by atoms with E-state index in [2.05, 4.69) is 73.8 Å². The first-order valence-electron chi connectivity index (χ1n) is 13.0. The van der Waals surface area contributed by atoms with Gasteiger partial charge in [-0.3, -0.25) is 4.79 Å². The number of anilines is 1. The minimum Gasteiger partial charge on any atom is -0.335 e. The maximum atomic E-state index is 13.4. The molecule has 5 rings (SSSR count). The number of aliphatic imine (C=N–C) groups is 1.